The van der Waals surface area contributed by atoms with Crippen molar-refractivity contribution >= 4 is 11.8 Å². The van der Waals surface area contributed by atoms with Crippen LogP contribution < -0.4 is 5.32 Å². The molecule has 0 spiro atoms. The van der Waals surface area contributed by atoms with Gasteiger partial charge in [-0.1, -0.05) is 20.8 Å². The van der Waals surface area contributed by atoms with Gasteiger partial charge >= 0.3 is 0 Å². The van der Waals surface area contributed by atoms with Crippen LogP contribution in [0.1, 0.15) is 62.8 Å². The molecular formula is C19H30N4O2. The molecule has 1 aromatic heterocycles. The molecule has 0 radical (unpaired) electrons. The maximum atomic E-state index is 12.5. The molecule has 1 unspecified atom stereocenters. The molecule has 2 rings (SSSR count). The Bertz CT molecular complexity index is 641. The second-order valence-electron chi connectivity index (χ2n) is 7.85. The molecule has 0 bridgehead atoms. The number of carbonyl (C=O) groups excluding carboxylic acids is 2. The average Bonchev–Trinajstić information content (AvgIpc) is 2.99. The molecule has 1 N–H and O–H groups in total. The van der Waals surface area contributed by atoms with Gasteiger partial charge in [0.1, 0.15) is 5.82 Å². The van der Waals surface area contributed by atoms with Gasteiger partial charge in [-0.05, 0) is 27.2 Å². The van der Waals surface area contributed by atoms with Crippen molar-refractivity contribution < 1.29 is 9.59 Å². The van der Waals surface area contributed by atoms with E-state index in [0.29, 0.717) is 19.5 Å². The van der Waals surface area contributed by atoms with Crippen LogP contribution in [0.3, 0.4) is 0 Å². The minimum Gasteiger partial charge on any atom is -0.356 e. The molecule has 6 heteroatoms. The normalized spacial score (nSPS) is 17.7. The fraction of sp³-hybridized carbons (Fsp3) is 0.684. The molecular weight excluding hydrogens is 316 g/mol. The molecule has 25 heavy (non-hydrogen) atoms. The van der Waals surface area contributed by atoms with Crippen LogP contribution in [-0.4, -0.2) is 46.3 Å². The van der Waals surface area contributed by atoms with Gasteiger partial charge < -0.3 is 10.2 Å². The maximum absolute atomic E-state index is 12.5. The van der Waals surface area contributed by atoms with E-state index in [1.54, 1.807) is 0 Å². The fourth-order valence-electron chi connectivity index (χ4n) is 3.25. The molecule has 2 amide bonds. The van der Waals surface area contributed by atoms with Gasteiger partial charge in [0, 0.05) is 47.9 Å². The molecule has 0 aromatic carbocycles. The Morgan fingerprint density at radius 3 is 2.32 bits per heavy atom. The van der Waals surface area contributed by atoms with Crippen molar-refractivity contribution in [3.63, 3.8) is 0 Å². The SMILES string of the molecule is CCNC(=O)Cc1c(C)nc(C2CCN(C(=O)C(C)(C)C)C2)nc1C. The topological polar surface area (TPSA) is 75.2 Å². The summed E-state index contributed by atoms with van der Waals surface area (Å²) in [5, 5.41) is 2.81. The van der Waals surface area contributed by atoms with Crippen molar-refractivity contribution in [3.05, 3.63) is 22.8 Å². The van der Waals surface area contributed by atoms with E-state index < -0.39 is 0 Å². The molecule has 6 nitrogen and oxygen atoms in total. The van der Waals surface area contributed by atoms with Gasteiger partial charge in [0.2, 0.25) is 11.8 Å². The van der Waals surface area contributed by atoms with E-state index in [0.717, 1.165) is 35.7 Å². The Morgan fingerprint density at radius 2 is 1.80 bits per heavy atom. The van der Waals surface area contributed by atoms with Gasteiger partial charge in [-0.15, -0.1) is 0 Å². The summed E-state index contributed by atoms with van der Waals surface area (Å²) in [7, 11) is 0. The Morgan fingerprint density at radius 1 is 1.20 bits per heavy atom. The molecule has 1 aromatic rings. The standard InChI is InChI=1S/C19H30N4O2/c1-7-20-16(24)10-15-12(2)21-17(22-13(15)3)14-8-9-23(11-14)18(25)19(4,5)6/h14H,7-11H2,1-6H3,(H,20,24). The molecule has 1 atom stereocenters. The van der Waals surface area contributed by atoms with Crippen LogP contribution >= 0.6 is 0 Å². The number of hydrogen-bond donors (Lipinski definition) is 1. The summed E-state index contributed by atoms with van der Waals surface area (Å²) < 4.78 is 0. The quantitative estimate of drug-likeness (QED) is 0.906. The zero-order valence-electron chi connectivity index (χ0n) is 16.3. The van der Waals surface area contributed by atoms with Gasteiger partial charge in [-0.3, -0.25) is 9.59 Å². The highest BCUT2D eigenvalue weighted by molar-refractivity contribution is 5.82. The summed E-state index contributed by atoms with van der Waals surface area (Å²) in [4.78, 5) is 35.5. The smallest absolute Gasteiger partial charge is 0.227 e. The lowest BCUT2D eigenvalue weighted by Gasteiger charge is -2.25. The van der Waals surface area contributed by atoms with Crippen LogP contribution in [0.15, 0.2) is 0 Å². The second-order valence-corrected chi connectivity index (χ2v) is 7.85. The van der Waals surface area contributed by atoms with E-state index in [-0.39, 0.29) is 23.1 Å². The average molecular weight is 346 g/mol. The predicted octanol–water partition coefficient (Wildman–Crippen LogP) is 2.13. The molecule has 1 aliphatic heterocycles. The van der Waals surface area contributed by atoms with E-state index in [4.69, 9.17) is 0 Å². The highest BCUT2D eigenvalue weighted by Gasteiger charge is 2.34. The second kappa shape index (κ2) is 7.50. The highest BCUT2D eigenvalue weighted by atomic mass is 16.2. The van der Waals surface area contributed by atoms with Gasteiger partial charge in [-0.25, -0.2) is 9.97 Å². The Balaban J connectivity index is 2.14. The summed E-state index contributed by atoms with van der Waals surface area (Å²) in [6, 6.07) is 0. The van der Waals surface area contributed by atoms with Crippen LogP contribution in [-0.2, 0) is 16.0 Å². The maximum Gasteiger partial charge on any atom is 0.227 e. The Labute approximate surface area is 150 Å². The third-order valence-electron chi connectivity index (χ3n) is 4.63. The largest absolute Gasteiger partial charge is 0.356 e. The monoisotopic (exact) mass is 346 g/mol. The van der Waals surface area contributed by atoms with E-state index in [1.165, 1.54) is 0 Å². The minimum absolute atomic E-state index is 0.00661. The molecule has 0 aliphatic carbocycles. The van der Waals surface area contributed by atoms with Gasteiger partial charge in [0.15, 0.2) is 0 Å². The van der Waals surface area contributed by atoms with Gasteiger partial charge in [0.05, 0.1) is 6.42 Å². The molecule has 0 saturated carbocycles. The van der Waals surface area contributed by atoms with E-state index >= 15 is 0 Å². The van der Waals surface area contributed by atoms with Crippen molar-refractivity contribution in [2.45, 2.75) is 60.3 Å². The van der Waals surface area contributed by atoms with E-state index in [9.17, 15) is 9.59 Å². The first-order valence-corrected chi connectivity index (χ1v) is 9.03. The third-order valence-corrected chi connectivity index (χ3v) is 4.63. The number of hydrogen-bond acceptors (Lipinski definition) is 4. The number of aromatic nitrogens is 2. The van der Waals surface area contributed by atoms with Crippen LogP contribution in [0, 0.1) is 19.3 Å². The van der Waals surface area contributed by atoms with Crippen LogP contribution in [0.5, 0.6) is 0 Å². The van der Waals surface area contributed by atoms with Crippen molar-refractivity contribution in [1.29, 1.82) is 0 Å². The summed E-state index contributed by atoms with van der Waals surface area (Å²) in [6.45, 7) is 13.7. The lowest BCUT2D eigenvalue weighted by molar-refractivity contribution is -0.138. The van der Waals surface area contributed by atoms with Crippen LogP contribution in [0.4, 0.5) is 0 Å². The summed E-state index contributed by atoms with van der Waals surface area (Å²) in [6.07, 6.45) is 1.20. The Hall–Kier alpha value is -1.98. The number of nitrogens with one attached hydrogen (secondary N) is 1. The van der Waals surface area contributed by atoms with Crippen molar-refractivity contribution in [2.24, 2.45) is 5.41 Å². The zero-order valence-corrected chi connectivity index (χ0v) is 16.3. The van der Waals surface area contributed by atoms with Crippen molar-refractivity contribution in [3.8, 4) is 0 Å². The highest BCUT2D eigenvalue weighted by Crippen LogP contribution is 2.29. The number of likely N-dealkylation sites (N-methyl/N-ethyl adjacent to an activating group) is 1. The van der Waals surface area contributed by atoms with Crippen molar-refractivity contribution in [2.75, 3.05) is 19.6 Å². The first-order chi connectivity index (χ1) is 11.6. The minimum atomic E-state index is -0.363. The fourth-order valence-corrected chi connectivity index (χ4v) is 3.25. The number of amides is 2. The molecule has 1 saturated heterocycles. The van der Waals surface area contributed by atoms with E-state index in [2.05, 4.69) is 15.3 Å². The van der Waals surface area contributed by atoms with Gasteiger partial charge in [-0.2, -0.15) is 0 Å². The lowest BCUT2D eigenvalue weighted by atomic mass is 9.95. The predicted molar refractivity (Wildman–Crippen MR) is 97.3 cm³/mol. The first-order valence-electron chi connectivity index (χ1n) is 9.03. The molecule has 1 fully saturated rings. The first kappa shape index (κ1) is 19.3. The number of likely N-dealkylation sites (tertiary alicyclic amines) is 1. The Kier molecular flexibility index (Phi) is 5.80. The van der Waals surface area contributed by atoms with Crippen molar-refractivity contribution in [1.82, 2.24) is 20.2 Å². The van der Waals surface area contributed by atoms with Crippen LogP contribution in [0.2, 0.25) is 0 Å². The van der Waals surface area contributed by atoms with Crippen LogP contribution in [0.25, 0.3) is 0 Å². The zero-order chi connectivity index (χ0) is 18.8. The lowest BCUT2D eigenvalue weighted by Crippen LogP contribution is -2.37. The van der Waals surface area contributed by atoms with Gasteiger partial charge in [0.25, 0.3) is 0 Å². The summed E-state index contributed by atoms with van der Waals surface area (Å²) >= 11 is 0. The molecule has 138 valence electrons. The molecule has 1 aliphatic rings. The number of rotatable bonds is 4. The summed E-state index contributed by atoms with van der Waals surface area (Å²) in [5.41, 5.74) is 2.25. The molecule has 2 heterocycles. The van der Waals surface area contributed by atoms with E-state index in [1.807, 2.05) is 46.4 Å². The summed E-state index contributed by atoms with van der Waals surface area (Å²) in [5.74, 6) is 1.13. The third kappa shape index (κ3) is 4.55. The number of aryl methyl sites for hydroxylation is 2. The number of nitrogens with zero attached hydrogens (tertiary/aromatic N) is 3. The number of carbonyl (C=O) groups is 2.